The maximum absolute atomic E-state index is 11.6. The predicted molar refractivity (Wildman–Crippen MR) is 61.4 cm³/mol. The average molecular weight is 255 g/mol. The summed E-state index contributed by atoms with van der Waals surface area (Å²) < 4.78 is 23.2. The van der Waals surface area contributed by atoms with Gasteiger partial charge in [0.25, 0.3) is 0 Å². The zero-order valence-corrected chi connectivity index (χ0v) is 9.90. The van der Waals surface area contributed by atoms with Crippen molar-refractivity contribution in [2.75, 3.05) is 5.75 Å². The first-order valence-electron chi connectivity index (χ1n) is 5.23. The van der Waals surface area contributed by atoms with Crippen LogP contribution >= 0.6 is 0 Å². The third-order valence-corrected chi connectivity index (χ3v) is 4.69. The lowest BCUT2D eigenvalue weighted by atomic mass is 10.0. The monoisotopic (exact) mass is 255 g/mol. The van der Waals surface area contributed by atoms with Gasteiger partial charge in [0.1, 0.15) is 0 Å². The van der Waals surface area contributed by atoms with Gasteiger partial charge < -0.3 is 10.8 Å². The van der Waals surface area contributed by atoms with E-state index in [1.807, 2.05) is 0 Å². The number of benzene rings is 1. The lowest BCUT2D eigenvalue weighted by molar-refractivity contribution is -0.137. The molecule has 3 N–H and O–H groups in total. The highest BCUT2D eigenvalue weighted by atomic mass is 32.2. The van der Waals surface area contributed by atoms with Crippen LogP contribution in [-0.2, 0) is 21.1 Å². The lowest BCUT2D eigenvalue weighted by Gasteiger charge is -2.10. The summed E-state index contributed by atoms with van der Waals surface area (Å²) in [5.74, 6) is -0.842. The second-order valence-corrected chi connectivity index (χ2v) is 6.22. The Hall–Kier alpha value is -1.40. The molecule has 5 nitrogen and oxygen atoms in total. The van der Waals surface area contributed by atoms with Gasteiger partial charge in [0, 0.05) is 6.04 Å². The Kier molecular flexibility index (Phi) is 2.92. The maximum Gasteiger partial charge on any atom is 0.305 e. The summed E-state index contributed by atoms with van der Waals surface area (Å²) >= 11 is 0. The zero-order chi connectivity index (χ0) is 12.6. The molecule has 0 radical (unpaired) electrons. The molecule has 0 aliphatic carbocycles. The molecular formula is C11H13NO4S. The van der Waals surface area contributed by atoms with Crippen molar-refractivity contribution in [2.24, 2.45) is 5.73 Å². The van der Waals surface area contributed by atoms with Gasteiger partial charge in [-0.1, -0.05) is 12.1 Å². The molecule has 1 unspecified atom stereocenters. The van der Waals surface area contributed by atoms with Crippen molar-refractivity contribution in [2.45, 2.75) is 23.8 Å². The van der Waals surface area contributed by atoms with E-state index in [2.05, 4.69) is 0 Å². The topological polar surface area (TPSA) is 97.5 Å². The number of aliphatic carboxylic acids is 1. The maximum atomic E-state index is 11.6. The van der Waals surface area contributed by atoms with Crippen molar-refractivity contribution < 1.29 is 18.3 Å². The van der Waals surface area contributed by atoms with Crippen LogP contribution in [0.3, 0.4) is 0 Å². The molecule has 2 rings (SSSR count). The minimum atomic E-state index is -3.13. The Morgan fingerprint density at radius 2 is 2.18 bits per heavy atom. The number of sulfone groups is 1. The first-order chi connectivity index (χ1) is 7.90. The Bertz CT molecular complexity index is 565. The molecule has 1 atom stereocenters. The Morgan fingerprint density at radius 3 is 2.82 bits per heavy atom. The number of hydrogen-bond acceptors (Lipinski definition) is 4. The normalized spacial score (nSPS) is 18.6. The Labute approximate surface area is 99.2 Å². The molecule has 1 heterocycles. The van der Waals surface area contributed by atoms with Crippen molar-refractivity contribution in [3.63, 3.8) is 0 Å². The fraction of sp³-hybridized carbons (Fsp3) is 0.364. The second-order valence-electron chi connectivity index (χ2n) is 4.14. The molecule has 0 saturated heterocycles. The summed E-state index contributed by atoms with van der Waals surface area (Å²) in [5.41, 5.74) is 7.14. The summed E-state index contributed by atoms with van der Waals surface area (Å²) in [6.45, 7) is 0. The minimum absolute atomic E-state index is 0.125. The van der Waals surface area contributed by atoms with Gasteiger partial charge in [-0.3, -0.25) is 4.79 Å². The standard InChI is InChI=1S/C11H13NO4S/c12-9(6-11(13)14)7-1-2-10-8(5-7)3-4-17(10,15)16/h1-2,5,9H,3-4,6,12H2,(H,13,14). The van der Waals surface area contributed by atoms with Crippen molar-refractivity contribution in [3.05, 3.63) is 29.3 Å². The van der Waals surface area contributed by atoms with Gasteiger partial charge in [0.05, 0.1) is 17.1 Å². The number of carboxylic acid groups (broad SMARTS) is 1. The SMILES string of the molecule is NC(CC(=O)O)c1ccc2c(c1)CCS2(=O)=O. The van der Waals surface area contributed by atoms with Crippen LogP contribution in [0.15, 0.2) is 23.1 Å². The van der Waals surface area contributed by atoms with Crippen LogP contribution in [0, 0.1) is 0 Å². The molecule has 6 heteroatoms. The average Bonchev–Trinajstić information content (AvgIpc) is 2.53. The van der Waals surface area contributed by atoms with Gasteiger partial charge in [-0.05, 0) is 23.6 Å². The molecule has 17 heavy (non-hydrogen) atoms. The number of carbonyl (C=O) groups is 1. The van der Waals surface area contributed by atoms with Crippen LogP contribution in [0.5, 0.6) is 0 Å². The molecule has 0 aromatic heterocycles. The van der Waals surface area contributed by atoms with Crippen LogP contribution in [0.25, 0.3) is 0 Å². The zero-order valence-electron chi connectivity index (χ0n) is 9.09. The summed E-state index contributed by atoms with van der Waals surface area (Å²) in [6.07, 6.45) is 0.316. The number of aryl methyl sites for hydroxylation is 1. The van der Waals surface area contributed by atoms with Crippen LogP contribution in [0.4, 0.5) is 0 Å². The first-order valence-corrected chi connectivity index (χ1v) is 6.88. The largest absolute Gasteiger partial charge is 0.481 e. The molecule has 0 spiro atoms. The van der Waals surface area contributed by atoms with Crippen molar-refractivity contribution in [1.29, 1.82) is 0 Å². The van der Waals surface area contributed by atoms with E-state index in [1.54, 1.807) is 12.1 Å². The van der Waals surface area contributed by atoms with Gasteiger partial charge >= 0.3 is 5.97 Å². The summed E-state index contributed by atoms with van der Waals surface area (Å²) in [6, 6.07) is 4.22. The van der Waals surface area contributed by atoms with E-state index < -0.39 is 21.8 Å². The predicted octanol–water partition coefficient (Wildman–Crippen LogP) is 0.491. The van der Waals surface area contributed by atoms with E-state index in [4.69, 9.17) is 10.8 Å². The molecule has 92 valence electrons. The highest BCUT2D eigenvalue weighted by Gasteiger charge is 2.26. The first kappa shape index (κ1) is 12.1. The van der Waals surface area contributed by atoms with E-state index >= 15 is 0 Å². The van der Waals surface area contributed by atoms with Crippen molar-refractivity contribution in [1.82, 2.24) is 0 Å². The molecule has 1 aliphatic heterocycles. The van der Waals surface area contributed by atoms with Gasteiger partial charge in [-0.2, -0.15) is 0 Å². The third-order valence-electron chi connectivity index (χ3n) is 2.88. The molecular weight excluding hydrogens is 242 g/mol. The summed E-state index contributed by atoms with van der Waals surface area (Å²) in [5, 5.41) is 8.65. The number of nitrogens with two attached hydrogens (primary N) is 1. The van der Waals surface area contributed by atoms with Gasteiger partial charge in [-0.25, -0.2) is 8.42 Å². The third kappa shape index (κ3) is 2.32. The quantitative estimate of drug-likeness (QED) is 0.819. The number of carboxylic acids is 1. The van der Waals surface area contributed by atoms with Crippen LogP contribution < -0.4 is 5.73 Å². The highest BCUT2D eigenvalue weighted by molar-refractivity contribution is 7.91. The lowest BCUT2D eigenvalue weighted by Crippen LogP contribution is -2.15. The molecule has 0 bridgehead atoms. The minimum Gasteiger partial charge on any atom is -0.481 e. The van der Waals surface area contributed by atoms with Gasteiger partial charge in [0.2, 0.25) is 0 Å². The fourth-order valence-electron chi connectivity index (χ4n) is 1.99. The van der Waals surface area contributed by atoms with Crippen LogP contribution in [0.2, 0.25) is 0 Å². The van der Waals surface area contributed by atoms with Crippen molar-refractivity contribution >= 4 is 15.8 Å². The van der Waals surface area contributed by atoms with Gasteiger partial charge in [-0.15, -0.1) is 0 Å². The van der Waals surface area contributed by atoms with E-state index in [0.29, 0.717) is 16.9 Å². The molecule has 0 fully saturated rings. The molecule has 1 aliphatic rings. The Balaban J connectivity index is 2.33. The smallest absolute Gasteiger partial charge is 0.305 e. The second kappa shape index (κ2) is 4.12. The molecule has 0 amide bonds. The van der Waals surface area contributed by atoms with Crippen molar-refractivity contribution in [3.8, 4) is 0 Å². The fourth-order valence-corrected chi connectivity index (χ4v) is 3.53. The van der Waals surface area contributed by atoms with E-state index in [9.17, 15) is 13.2 Å². The Morgan fingerprint density at radius 1 is 1.47 bits per heavy atom. The van der Waals surface area contributed by atoms with E-state index in [1.165, 1.54) is 6.07 Å². The van der Waals surface area contributed by atoms with Crippen LogP contribution in [-0.4, -0.2) is 25.2 Å². The number of rotatable bonds is 3. The van der Waals surface area contributed by atoms with Crippen LogP contribution in [0.1, 0.15) is 23.6 Å². The number of fused-ring (bicyclic) bond motifs is 1. The van der Waals surface area contributed by atoms with E-state index in [-0.39, 0.29) is 12.2 Å². The number of hydrogen-bond donors (Lipinski definition) is 2. The molecule has 0 saturated carbocycles. The summed E-state index contributed by atoms with van der Waals surface area (Å²) in [4.78, 5) is 10.9. The summed E-state index contributed by atoms with van der Waals surface area (Å²) in [7, 11) is -3.13. The van der Waals surface area contributed by atoms with E-state index in [0.717, 1.165) is 5.56 Å². The molecule has 1 aromatic carbocycles. The molecule has 1 aromatic rings. The highest BCUT2D eigenvalue weighted by Crippen LogP contribution is 2.28. The van der Waals surface area contributed by atoms with Gasteiger partial charge in [0.15, 0.2) is 9.84 Å².